The molecular weight excluding hydrogens is 292 g/mol. The fourth-order valence-corrected chi connectivity index (χ4v) is 9.18. The predicted molar refractivity (Wildman–Crippen MR) is 93.8 cm³/mol. The summed E-state index contributed by atoms with van der Waals surface area (Å²) in [5, 5.41) is 9.57. The van der Waals surface area contributed by atoms with E-state index in [0.29, 0.717) is 16.6 Å². The number of carboxylic acids is 1. The molecule has 1 aromatic carbocycles. The highest BCUT2D eigenvalue weighted by Crippen LogP contribution is 2.42. The number of hydrogen-bond acceptors (Lipinski definition) is 2. The molecular formula is C18H30O3Si. The molecule has 0 aliphatic carbocycles. The zero-order chi connectivity index (χ0) is 16.9. The molecule has 0 spiro atoms. The van der Waals surface area contributed by atoms with Gasteiger partial charge in [-0.2, -0.15) is 0 Å². The van der Waals surface area contributed by atoms with E-state index in [1.165, 1.54) is 0 Å². The maximum absolute atomic E-state index is 11.7. The summed E-state index contributed by atoms with van der Waals surface area (Å²) in [6.45, 7) is 13.5. The van der Waals surface area contributed by atoms with Crippen molar-refractivity contribution in [1.82, 2.24) is 0 Å². The van der Waals surface area contributed by atoms with E-state index in [1.807, 2.05) is 30.3 Å². The highest BCUT2D eigenvalue weighted by atomic mass is 28.4. The van der Waals surface area contributed by atoms with Gasteiger partial charge in [-0.25, -0.2) is 0 Å². The predicted octanol–water partition coefficient (Wildman–Crippen LogP) is 5.05. The van der Waals surface area contributed by atoms with Crippen molar-refractivity contribution < 1.29 is 14.3 Å². The van der Waals surface area contributed by atoms with Crippen molar-refractivity contribution >= 4 is 14.3 Å². The Morgan fingerprint density at radius 2 is 1.45 bits per heavy atom. The Morgan fingerprint density at radius 1 is 1.00 bits per heavy atom. The third-order valence-electron chi connectivity index (χ3n) is 4.71. The molecule has 1 atom stereocenters. The van der Waals surface area contributed by atoms with E-state index < -0.39 is 20.2 Å². The second kappa shape index (κ2) is 7.93. The normalized spacial score (nSPS) is 13.9. The summed E-state index contributed by atoms with van der Waals surface area (Å²) >= 11 is 0. The second-order valence-electron chi connectivity index (χ2n) is 6.93. The largest absolute Gasteiger partial charge is 0.481 e. The van der Waals surface area contributed by atoms with Crippen molar-refractivity contribution in [2.45, 2.75) is 64.1 Å². The number of carboxylic acid groups (broad SMARTS) is 1. The lowest BCUT2D eigenvalue weighted by Gasteiger charge is -2.42. The van der Waals surface area contributed by atoms with Crippen molar-refractivity contribution in [3.63, 3.8) is 0 Å². The van der Waals surface area contributed by atoms with E-state index in [2.05, 4.69) is 41.5 Å². The molecule has 0 saturated carbocycles. The molecule has 3 nitrogen and oxygen atoms in total. The summed E-state index contributed by atoms with van der Waals surface area (Å²) in [6.07, 6.45) is 0. The van der Waals surface area contributed by atoms with Crippen molar-refractivity contribution in [2.24, 2.45) is 0 Å². The topological polar surface area (TPSA) is 46.5 Å². The molecule has 4 heteroatoms. The fraction of sp³-hybridized carbons (Fsp3) is 0.611. The molecule has 1 aromatic rings. The van der Waals surface area contributed by atoms with Crippen LogP contribution in [0.1, 0.15) is 53.0 Å². The van der Waals surface area contributed by atoms with E-state index in [0.717, 1.165) is 5.56 Å². The van der Waals surface area contributed by atoms with Crippen LogP contribution in [-0.4, -0.2) is 26.0 Å². The molecule has 0 aliphatic rings. The van der Waals surface area contributed by atoms with E-state index in [9.17, 15) is 9.90 Å². The second-order valence-corrected chi connectivity index (χ2v) is 12.4. The summed E-state index contributed by atoms with van der Waals surface area (Å²) in [5.74, 6) is -1.41. The number of rotatable bonds is 8. The summed E-state index contributed by atoms with van der Waals surface area (Å²) < 4.78 is 6.45. The van der Waals surface area contributed by atoms with E-state index >= 15 is 0 Å². The molecule has 0 heterocycles. The number of hydrogen-bond donors (Lipinski definition) is 1. The van der Waals surface area contributed by atoms with Crippen LogP contribution in [0.15, 0.2) is 30.3 Å². The minimum Gasteiger partial charge on any atom is -0.481 e. The minimum atomic E-state index is -2.03. The standard InChI is InChI=1S/C18H30O3Si/c1-13(2)22(14(3)4,15(5)6)21-12-17(18(19)20)16-10-8-7-9-11-16/h7-11,13-15,17H,12H2,1-6H3,(H,19,20)/t17-/m1/s1. The van der Waals surface area contributed by atoms with E-state index in [-0.39, 0.29) is 6.61 Å². The fourth-order valence-electron chi connectivity index (χ4n) is 3.72. The first-order valence-corrected chi connectivity index (χ1v) is 10.3. The smallest absolute Gasteiger partial charge is 0.313 e. The Balaban J connectivity index is 3.01. The Labute approximate surface area is 135 Å². The van der Waals surface area contributed by atoms with Crippen molar-refractivity contribution in [3.8, 4) is 0 Å². The molecule has 0 bridgehead atoms. The highest BCUT2D eigenvalue weighted by molar-refractivity contribution is 6.77. The van der Waals surface area contributed by atoms with Crippen molar-refractivity contribution in [3.05, 3.63) is 35.9 Å². The molecule has 0 saturated heterocycles. The van der Waals surface area contributed by atoms with Gasteiger partial charge in [-0.3, -0.25) is 4.79 Å². The van der Waals surface area contributed by atoms with Crippen LogP contribution in [0, 0.1) is 0 Å². The zero-order valence-electron chi connectivity index (χ0n) is 14.7. The molecule has 0 aromatic heterocycles. The Kier molecular flexibility index (Phi) is 6.82. The highest BCUT2D eigenvalue weighted by Gasteiger charge is 2.45. The third-order valence-corrected chi connectivity index (χ3v) is 10.8. The third kappa shape index (κ3) is 3.99. The quantitative estimate of drug-likeness (QED) is 0.681. The number of aliphatic carboxylic acids is 1. The first kappa shape index (κ1) is 18.9. The van der Waals surface area contributed by atoms with Crippen LogP contribution < -0.4 is 0 Å². The lowest BCUT2D eigenvalue weighted by Crippen LogP contribution is -2.48. The van der Waals surface area contributed by atoms with Crippen LogP contribution in [0.3, 0.4) is 0 Å². The SMILES string of the molecule is CC(C)[Si](OC[C@@H](C(=O)O)c1ccccc1)(C(C)C)C(C)C. The molecule has 22 heavy (non-hydrogen) atoms. The van der Waals surface area contributed by atoms with Crippen molar-refractivity contribution in [2.75, 3.05) is 6.61 Å². The summed E-state index contributed by atoms with van der Waals surface area (Å²) in [4.78, 5) is 11.7. The number of benzene rings is 1. The first-order chi connectivity index (χ1) is 10.2. The van der Waals surface area contributed by atoms with Crippen LogP contribution >= 0.6 is 0 Å². The first-order valence-electron chi connectivity index (χ1n) is 8.15. The summed E-state index contributed by atoms with van der Waals surface area (Å²) in [6, 6.07) is 9.39. The average molecular weight is 323 g/mol. The van der Waals surface area contributed by atoms with Gasteiger partial charge in [-0.05, 0) is 22.2 Å². The molecule has 124 valence electrons. The Morgan fingerprint density at radius 3 is 1.82 bits per heavy atom. The van der Waals surface area contributed by atoms with E-state index in [4.69, 9.17) is 4.43 Å². The number of carbonyl (C=O) groups is 1. The van der Waals surface area contributed by atoms with Crippen LogP contribution in [0.2, 0.25) is 16.6 Å². The van der Waals surface area contributed by atoms with Gasteiger partial charge in [-0.1, -0.05) is 71.9 Å². The van der Waals surface area contributed by atoms with E-state index in [1.54, 1.807) is 0 Å². The molecule has 0 radical (unpaired) electrons. The monoisotopic (exact) mass is 322 g/mol. The molecule has 0 unspecified atom stereocenters. The molecule has 1 rings (SSSR count). The van der Waals surface area contributed by atoms with Crippen LogP contribution in [0.5, 0.6) is 0 Å². The molecule has 0 amide bonds. The van der Waals surface area contributed by atoms with Gasteiger partial charge in [0, 0.05) is 0 Å². The van der Waals surface area contributed by atoms with Gasteiger partial charge in [0.2, 0.25) is 0 Å². The van der Waals surface area contributed by atoms with Crippen LogP contribution in [-0.2, 0) is 9.22 Å². The lowest BCUT2D eigenvalue weighted by atomic mass is 10.0. The van der Waals surface area contributed by atoms with Gasteiger partial charge in [-0.15, -0.1) is 0 Å². The zero-order valence-corrected chi connectivity index (χ0v) is 15.7. The van der Waals surface area contributed by atoms with Gasteiger partial charge in [0.1, 0.15) is 5.92 Å². The molecule has 1 N–H and O–H groups in total. The van der Waals surface area contributed by atoms with Gasteiger partial charge >= 0.3 is 5.97 Å². The molecule has 0 aliphatic heterocycles. The van der Waals surface area contributed by atoms with Gasteiger partial charge < -0.3 is 9.53 Å². The van der Waals surface area contributed by atoms with Crippen LogP contribution in [0.4, 0.5) is 0 Å². The van der Waals surface area contributed by atoms with Gasteiger partial charge in [0.05, 0.1) is 6.61 Å². The summed E-state index contributed by atoms with van der Waals surface area (Å²) in [5.41, 5.74) is 2.18. The maximum Gasteiger partial charge on any atom is 0.313 e. The minimum absolute atomic E-state index is 0.264. The average Bonchev–Trinajstić information content (AvgIpc) is 2.42. The Hall–Kier alpha value is -1.13. The van der Waals surface area contributed by atoms with Gasteiger partial charge in [0.15, 0.2) is 8.32 Å². The molecule has 0 fully saturated rings. The van der Waals surface area contributed by atoms with Crippen LogP contribution in [0.25, 0.3) is 0 Å². The maximum atomic E-state index is 11.7. The lowest BCUT2D eigenvalue weighted by molar-refractivity contribution is -0.139. The summed E-state index contributed by atoms with van der Waals surface area (Å²) in [7, 11) is -2.03. The Bertz CT molecular complexity index is 447. The van der Waals surface area contributed by atoms with Gasteiger partial charge in [0.25, 0.3) is 0 Å². The van der Waals surface area contributed by atoms with Crippen molar-refractivity contribution in [1.29, 1.82) is 0 Å².